The SMILES string of the molecule is CCCCC(C)C1CC(C)=CN(CCCc2c(N)nn3ccc(C)nc23)C1=O. The Morgan fingerprint density at radius 2 is 2.11 bits per heavy atom. The van der Waals surface area contributed by atoms with Crippen molar-refractivity contribution in [2.45, 2.75) is 66.2 Å². The van der Waals surface area contributed by atoms with Crippen LogP contribution in [-0.2, 0) is 11.2 Å². The first-order valence-electron chi connectivity index (χ1n) is 10.5. The fraction of sp³-hybridized carbons (Fsp3) is 0.591. The fourth-order valence-corrected chi connectivity index (χ4v) is 4.12. The predicted molar refractivity (Wildman–Crippen MR) is 113 cm³/mol. The number of aromatic nitrogens is 3. The monoisotopic (exact) mass is 383 g/mol. The molecule has 28 heavy (non-hydrogen) atoms. The maximum Gasteiger partial charge on any atom is 0.230 e. The minimum Gasteiger partial charge on any atom is -0.382 e. The molecule has 2 unspecified atom stereocenters. The molecule has 6 heteroatoms. The van der Waals surface area contributed by atoms with Crippen LogP contribution in [0.15, 0.2) is 24.0 Å². The summed E-state index contributed by atoms with van der Waals surface area (Å²) in [5.41, 5.74) is 10.1. The van der Waals surface area contributed by atoms with Crippen molar-refractivity contribution in [3.63, 3.8) is 0 Å². The lowest BCUT2D eigenvalue weighted by Gasteiger charge is -2.33. The highest BCUT2D eigenvalue weighted by atomic mass is 16.2. The van der Waals surface area contributed by atoms with E-state index < -0.39 is 0 Å². The number of hydrogen-bond acceptors (Lipinski definition) is 4. The van der Waals surface area contributed by atoms with E-state index in [4.69, 9.17) is 5.73 Å². The molecule has 0 saturated carbocycles. The largest absolute Gasteiger partial charge is 0.382 e. The smallest absolute Gasteiger partial charge is 0.230 e. The van der Waals surface area contributed by atoms with Gasteiger partial charge in [-0.25, -0.2) is 9.50 Å². The number of anilines is 1. The number of nitrogen functional groups attached to an aromatic ring is 1. The van der Waals surface area contributed by atoms with Crippen molar-refractivity contribution in [1.29, 1.82) is 0 Å². The van der Waals surface area contributed by atoms with Gasteiger partial charge >= 0.3 is 0 Å². The molecular formula is C22H33N5O. The van der Waals surface area contributed by atoms with Crippen LogP contribution in [0.1, 0.15) is 64.1 Å². The lowest BCUT2D eigenvalue weighted by molar-refractivity contribution is -0.135. The average molecular weight is 384 g/mol. The minimum absolute atomic E-state index is 0.114. The Morgan fingerprint density at radius 3 is 2.86 bits per heavy atom. The fourth-order valence-electron chi connectivity index (χ4n) is 4.12. The Kier molecular flexibility index (Phi) is 6.37. The number of hydrogen-bond donors (Lipinski definition) is 1. The zero-order valence-corrected chi connectivity index (χ0v) is 17.6. The van der Waals surface area contributed by atoms with E-state index in [9.17, 15) is 4.79 Å². The molecule has 3 rings (SSSR count). The summed E-state index contributed by atoms with van der Waals surface area (Å²) in [5.74, 6) is 1.35. The molecule has 2 atom stereocenters. The zero-order valence-electron chi connectivity index (χ0n) is 17.6. The molecule has 1 amide bonds. The van der Waals surface area contributed by atoms with Crippen LogP contribution in [-0.4, -0.2) is 31.9 Å². The topological polar surface area (TPSA) is 76.5 Å². The second kappa shape index (κ2) is 8.76. The zero-order chi connectivity index (χ0) is 20.3. The summed E-state index contributed by atoms with van der Waals surface area (Å²) < 4.78 is 1.74. The van der Waals surface area contributed by atoms with Crippen LogP contribution in [0.25, 0.3) is 5.65 Å². The Bertz CT molecular complexity index is 869. The van der Waals surface area contributed by atoms with E-state index in [-0.39, 0.29) is 11.8 Å². The van der Waals surface area contributed by atoms with Gasteiger partial charge in [-0.1, -0.05) is 32.3 Å². The number of carbonyl (C=O) groups excluding carboxylic acids is 1. The molecule has 0 radical (unpaired) electrons. The number of nitrogens with two attached hydrogens (primary N) is 1. The molecule has 2 aromatic heterocycles. The van der Waals surface area contributed by atoms with Crippen LogP contribution in [0.4, 0.5) is 5.82 Å². The maximum absolute atomic E-state index is 13.0. The lowest BCUT2D eigenvalue weighted by Crippen LogP contribution is -2.39. The second-order valence-corrected chi connectivity index (χ2v) is 8.24. The highest BCUT2D eigenvalue weighted by Crippen LogP contribution is 2.31. The van der Waals surface area contributed by atoms with Crippen LogP contribution in [0, 0.1) is 18.8 Å². The molecule has 152 valence electrons. The summed E-state index contributed by atoms with van der Waals surface area (Å²) in [6.45, 7) is 9.23. The highest BCUT2D eigenvalue weighted by molar-refractivity contribution is 5.81. The van der Waals surface area contributed by atoms with Gasteiger partial charge < -0.3 is 10.6 Å². The van der Waals surface area contributed by atoms with Gasteiger partial charge in [-0.05, 0) is 51.5 Å². The number of amides is 1. The van der Waals surface area contributed by atoms with Crippen LogP contribution >= 0.6 is 0 Å². The molecule has 1 aliphatic rings. The molecule has 2 aromatic rings. The van der Waals surface area contributed by atoms with Crippen LogP contribution in [0.2, 0.25) is 0 Å². The number of unbranched alkanes of at least 4 members (excludes halogenated alkanes) is 1. The molecule has 2 N–H and O–H groups in total. The first-order chi connectivity index (χ1) is 13.4. The van der Waals surface area contributed by atoms with Gasteiger partial charge in [0, 0.05) is 36.1 Å². The van der Waals surface area contributed by atoms with Gasteiger partial charge in [0.15, 0.2) is 11.5 Å². The second-order valence-electron chi connectivity index (χ2n) is 8.24. The Hall–Kier alpha value is -2.37. The minimum atomic E-state index is 0.114. The van der Waals surface area contributed by atoms with E-state index in [1.165, 1.54) is 18.4 Å². The number of aryl methyl sites for hydroxylation is 2. The van der Waals surface area contributed by atoms with Crippen molar-refractivity contribution >= 4 is 17.4 Å². The van der Waals surface area contributed by atoms with Crippen molar-refractivity contribution < 1.29 is 4.79 Å². The molecule has 1 aliphatic heterocycles. The van der Waals surface area contributed by atoms with Crippen molar-refractivity contribution in [3.05, 3.63) is 35.3 Å². The number of allylic oxidation sites excluding steroid dienone is 1. The lowest BCUT2D eigenvalue weighted by atomic mass is 9.82. The van der Waals surface area contributed by atoms with E-state index in [2.05, 4.69) is 30.9 Å². The maximum atomic E-state index is 13.0. The molecular weight excluding hydrogens is 350 g/mol. The first kappa shape index (κ1) is 20.4. The predicted octanol–water partition coefficient (Wildman–Crippen LogP) is 4.13. The third-order valence-electron chi connectivity index (χ3n) is 5.79. The van der Waals surface area contributed by atoms with E-state index in [0.717, 1.165) is 42.6 Å². The summed E-state index contributed by atoms with van der Waals surface area (Å²) in [5, 5.41) is 4.35. The van der Waals surface area contributed by atoms with Gasteiger partial charge in [-0.3, -0.25) is 4.79 Å². The third-order valence-corrected chi connectivity index (χ3v) is 5.79. The average Bonchev–Trinajstić information content (AvgIpc) is 2.97. The van der Waals surface area contributed by atoms with E-state index in [1.807, 2.05) is 30.3 Å². The standard InChI is InChI=1S/C22H33N5O/c1-5-6-8-16(3)19-13-15(2)14-26(22(19)28)11-7-9-18-20(23)25-27-12-10-17(4)24-21(18)27/h10,12,14,16,19H,5-9,11,13H2,1-4H3,(H2,23,25). The van der Waals surface area contributed by atoms with Gasteiger partial charge in [0.1, 0.15) is 0 Å². The molecule has 0 spiro atoms. The van der Waals surface area contributed by atoms with Crippen LogP contribution in [0.5, 0.6) is 0 Å². The number of rotatable bonds is 8. The quantitative estimate of drug-likeness (QED) is 0.743. The van der Waals surface area contributed by atoms with Gasteiger partial charge in [-0.15, -0.1) is 5.10 Å². The Labute approximate surface area is 167 Å². The summed E-state index contributed by atoms with van der Waals surface area (Å²) in [6.07, 6.45) is 9.91. The summed E-state index contributed by atoms with van der Waals surface area (Å²) >= 11 is 0. The normalized spacial score (nSPS) is 18.6. The van der Waals surface area contributed by atoms with Gasteiger partial charge in [0.05, 0.1) is 0 Å². The van der Waals surface area contributed by atoms with Crippen molar-refractivity contribution in [2.75, 3.05) is 12.3 Å². The highest BCUT2D eigenvalue weighted by Gasteiger charge is 2.31. The van der Waals surface area contributed by atoms with Crippen molar-refractivity contribution in [3.8, 4) is 0 Å². The van der Waals surface area contributed by atoms with Crippen molar-refractivity contribution in [1.82, 2.24) is 19.5 Å². The van der Waals surface area contributed by atoms with Gasteiger partial charge in [-0.2, -0.15) is 0 Å². The van der Waals surface area contributed by atoms with Gasteiger partial charge in [0.25, 0.3) is 0 Å². The molecule has 0 saturated heterocycles. The Balaban J connectivity index is 1.66. The molecule has 0 bridgehead atoms. The van der Waals surface area contributed by atoms with E-state index in [1.54, 1.807) is 4.52 Å². The molecule has 6 nitrogen and oxygen atoms in total. The number of carbonyl (C=O) groups is 1. The molecule has 3 heterocycles. The summed E-state index contributed by atoms with van der Waals surface area (Å²) in [6, 6.07) is 1.92. The third kappa shape index (κ3) is 4.37. The van der Waals surface area contributed by atoms with Gasteiger partial charge in [0.2, 0.25) is 5.91 Å². The number of nitrogens with zero attached hydrogens (tertiary/aromatic N) is 4. The first-order valence-corrected chi connectivity index (χ1v) is 10.5. The summed E-state index contributed by atoms with van der Waals surface area (Å²) in [7, 11) is 0. The Morgan fingerprint density at radius 1 is 1.32 bits per heavy atom. The summed E-state index contributed by atoms with van der Waals surface area (Å²) in [4.78, 5) is 19.5. The van der Waals surface area contributed by atoms with E-state index >= 15 is 0 Å². The van der Waals surface area contributed by atoms with E-state index in [0.29, 0.717) is 18.3 Å². The van der Waals surface area contributed by atoms with Crippen molar-refractivity contribution in [2.24, 2.45) is 11.8 Å². The number of fused-ring (bicyclic) bond motifs is 1. The molecule has 0 fully saturated rings. The molecule has 0 aliphatic carbocycles. The van der Waals surface area contributed by atoms with Crippen LogP contribution in [0.3, 0.4) is 0 Å². The molecule has 0 aromatic carbocycles. The van der Waals surface area contributed by atoms with Crippen LogP contribution < -0.4 is 5.73 Å².